The second-order valence-electron chi connectivity index (χ2n) is 7.32. The van der Waals surface area contributed by atoms with E-state index >= 15 is 0 Å². The molecule has 1 unspecified atom stereocenters. The minimum atomic E-state index is -1.04. The summed E-state index contributed by atoms with van der Waals surface area (Å²) in [7, 11) is 0. The van der Waals surface area contributed by atoms with Gasteiger partial charge in [-0.15, -0.1) is 0 Å². The first-order valence-corrected chi connectivity index (χ1v) is 12.4. The van der Waals surface area contributed by atoms with E-state index < -0.39 is 6.35 Å². The van der Waals surface area contributed by atoms with Crippen LogP contribution in [0.3, 0.4) is 0 Å². The van der Waals surface area contributed by atoms with Crippen molar-refractivity contribution < 1.29 is 31.0 Å². The van der Waals surface area contributed by atoms with Gasteiger partial charge in [0.1, 0.15) is 0 Å². The number of benzene rings is 2. The number of para-hydroxylation sites is 1. The predicted molar refractivity (Wildman–Crippen MR) is 117 cm³/mol. The second-order valence-corrected chi connectivity index (χ2v) is 10.2. The molecule has 1 aliphatic heterocycles. The average Bonchev–Trinajstić information content (AvgIpc) is 3.13. The number of anilines is 1. The Bertz CT molecular complexity index is 981. The van der Waals surface area contributed by atoms with Gasteiger partial charge in [0.2, 0.25) is 0 Å². The van der Waals surface area contributed by atoms with Crippen molar-refractivity contribution in [2.24, 2.45) is 4.99 Å². The molecule has 5 nitrogen and oxygen atoms in total. The van der Waals surface area contributed by atoms with Gasteiger partial charge in [0.05, 0.1) is 0 Å². The summed E-state index contributed by atoms with van der Waals surface area (Å²) in [6.07, 6.45) is 4.58. The van der Waals surface area contributed by atoms with E-state index in [1.807, 2.05) is 49.4 Å². The summed E-state index contributed by atoms with van der Waals surface area (Å²) in [5, 5.41) is 13.5. The van der Waals surface area contributed by atoms with Crippen molar-refractivity contribution >= 4 is 11.9 Å². The van der Waals surface area contributed by atoms with Gasteiger partial charge < -0.3 is 0 Å². The van der Waals surface area contributed by atoms with E-state index in [0.717, 1.165) is 31.9 Å². The summed E-state index contributed by atoms with van der Waals surface area (Å²) < 4.78 is 9.56. The fourth-order valence-electron chi connectivity index (χ4n) is 3.49. The van der Waals surface area contributed by atoms with Crippen LogP contribution in [0.15, 0.2) is 70.1 Å². The zero-order valence-corrected chi connectivity index (χ0v) is 19.2. The molecule has 3 aromatic rings. The van der Waals surface area contributed by atoms with E-state index in [9.17, 15) is 5.11 Å². The average molecular weight is 516 g/mol. The third-order valence-corrected chi connectivity index (χ3v) is 7.74. The number of hydrogen-bond donors (Lipinski definition) is 2. The quantitative estimate of drug-likeness (QED) is 0.218. The van der Waals surface area contributed by atoms with E-state index in [1.165, 1.54) is 32.4 Å². The zero-order valence-electron chi connectivity index (χ0n) is 17.1. The fourth-order valence-corrected chi connectivity index (χ4v) is 6.23. The summed E-state index contributed by atoms with van der Waals surface area (Å²) >= 11 is -0.262. The Balaban J connectivity index is 1.42. The molecule has 1 aliphatic rings. The molecule has 0 bridgehead atoms. The third kappa shape index (κ3) is 5.50. The Morgan fingerprint density at radius 2 is 1.80 bits per heavy atom. The molecular formula is C24H27IN3O2-. The van der Waals surface area contributed by atoms with Crippen molar-refractivity contribution in [3.63, 3.8) is 0 Å². The number of aliphatic hydroxyl groups is 1. The number of furan rings is 1. The Morgan fingerprint density at radius 3 is 2.60 bits per heavy atom. The van der Waals surface area contributed by atoms with Crippen LogP contribution in [0.2, 0.25) is 0 Å². The Kier molecular flexibility index (Phi) is 7.20. The first-order valence-electron chi connectivity index (χ1n) is 10.3. The first-order chi connectivity index (χ1) is 14.7. The third-order valence-electron chi connectivity index (χ3n) is 5.08. The maximum atomic E-state index is 10.5. The summed E-state index contributed by atoms with van der Waals surface area (Å²) in [6, 6.07) is 20.1. The maximum absolute atomic E-state index is 10.5. The van der Waals surface area contributed by atoms with Gasteiger partial charge in [-0.05, 0) is 0 Å². The van der Waals surface area contributed by atoms with Crippen molar-refractivity contribution in [3.8, 4) is 11.1 Å². The van der Waals surface area contributed by atoms with Crippen molar-refractivity contribution in [1.82, 2.24) is 3.11 Å². The number of piperidine rings is 1. The van der Waals surface area contributed by atoms with Crippen LogP contribution in [0, 0.1) is 10.7 Å². The van der Waals surface area contributed by atoms with Gasteiger partial charge in [0.15, 0.2) is 0 Å². The van der Waals surface area contributed by atoms with E-state index in [4.69, 9.17) is 4.42 Å². The molecule has 0 spiro atoms. The molecular weight excluding hydrogens is 489 g/mol. The van der Waals surface area contributed by atoms with Crippen LogP contribution in [0.25, 0.3) is 11.1 Å². The van der Waals surface area contributed by atoms with Crippen molar-refractivity contribution in [2.75, 3.05) is 18.4 Å². The molecule has 158 valence electrons. The van der Waals surface area contributed by atoms with Gasteiger partial charge in [-0.1, -0.05) is 6.07 Å². The number of hydrogen-bond acceptors (Lipinski definition) is 5. The van der Waals surface area contributed by atoms with E-state index in [2.05, 4.69) is 31.6 Å². The molecule has 2 N–H and O–H groups in total. The van der Waals surface area contributed by atoms with Crippen LogP contribution in [-0.2, 0) is 0 Å². The van der Waals surface area contributed by atoms with Crippen molar-refractivity contribution in [2.45, 2.75) is 32.5 Å². The Labute approximate surface area is 188 Å². The summed E-state index contributed by atoms with van der Waals surface area (Å²) in [5.41, 5.74) is 3.89. The van der Waals surface area contributed by atoms with Crippen LogP contribution in [0.1, 0.15) is 30.6 Å². The number of rotatable bonds is 7. The molecule has 0 radical (unpaired) electrons. The van der Waals surface area contributed by atoms with E-state index in [-0.39, 0.29) is 21.5 Å². The number of halogens is 1. The fraction of sp³-hybridized carbons (Fsp3) is 0.292. The normalized spacial score (nSPS) is 16.2. The van der Waals surface area contributed by atoms with Crippen LogP contribution >= 0.6 is 0 Å². The van der Waals surface area contributed by atoms with Gasteiger partial charge in [0, 0.05) is 0 Å². The Hall–Kier alpha value is -2.16. The molecule has 0 aliphatic carbocycles. The predicted octanol–water partition coefficient (Wildman–Crippen LogP) is 1.72. The SMILES string of the molecule is Cc1oc([I-]N2CCCCC2)cc1C=NC(O)Nc1ccccc1-c1ccccc1. The number of aliphatic imine (C=N–C) groups is 1. The second kappa shape index (κ2) is 10.2. The van der Waals surface area contributed by atoms with Gasteiger partial charge in [-0.2, -0.15) is 0 Å². The molecule has 30 heavy (non-hydrogen) atoms. The number of aliphatic hydroxyl groups excluding tert-OH is 1. The molecule has 0 amide bonds. The zero-order chi connectivity index (χ0) is 20.8. The topological polar surface area (TPSA) is 61.0 Å². The van der Waals surface area contributed by atoms with Crippen LogP contribution in [0.5, 0.6) is 0 Å². The van der Waals surface area contributed by atoms with Crippen LogP contribution < -0.4 is 26.8 Å². The summed E-state index contributed by atoms with van der Waals surface area (Å²) in [5.74, 6) is 0.849. The molecule has 2 heterocycles. The molecule has 1 aromatic heterocycles. The van der Waals surface area contributed by atoms with Gasteiger partial charge >= 0.3 is 183 Å². The molecule has 4 rings (SSSR count). The molecule has 0 saturated carbocycles. The standard InChI is InChI=1S/C24H27IN3O2/c1-18-20(16-23(30-18)25-28-14-8-3-9-15-28)17-26-24(29)27-22-13-7-6-12-21(22)19-10-4-2-5-11-19/h2,4-7,10-13,16-17,24,27,29H,3,8-9,14-15H2,1H3/q-1. The summed E-state index contributed by atoms with van der Waals surface area (Å²) in [6.45, 7) is 4.31. The van der Waals surface area contributed by atoms with E-state index in [0.29, 0.717) is 0 Å². The van der Waals surface area contributed by atoms with Gasteiger partial charge in [0.25, 0.3) is 0 Å². The van der Waals surface area contributed by atoms with Gasteiger partial charge in [-0.25, -0.2) is 0 Å². The Morgan fingerprint density at radius 1 is 1.07 bits per heavy atom. The van der Waals surface area contributed by atoms with Crippen LogP contribution in [-0.4, -0.2) is 33.9 Å². The van der Waals surface area contributed by atoms with Gasteiger partial charge in [-0.3, -0.25) is 0 Å². The molecule has 1 fully saturated rings. The molecule has 6 heteroatoms. The monoisotopic (exact) mass is 516 g/mol. The minimum absolute atomic E-state index is 0.262. The number of aryl methyl sites for hydroxylation is 1. The van der Waals surface area contributed by atoms with E-state index in [1.54, 1.807) is 6.21 Å². The van der Waals surface area contributed by atoms with Crippen molar-refractivity contribution in [1.29, 1.82) is 0 Å². The molecule has 1 saturated heterocycles. The summed E-state index contributed by atoms with van der Waals surface area (Å²) in [4.78, 5) is 4.30. The molecule has 1 atom stereocenters. The first kappa shape index (κ1) is 21.1. The number of nitrogens with zero attached hydrogens (tertiary/aromatic N) is 2. The number of nitrogens with one attached hydrogen (secondary N) is 1. The van der Waals surface area contributed by atoms with Crippen LogP contribution in [0.4, 0.5) is 5.69 Å². The molecule has 2 aromatic carbocycles. The van der Waals surface area contributed by atoms with Crippen molar-refractivity contribution in [3.05, 3.63) is 75.8 Å².